The van der Waals surface area contributed by atoms with E-state index in [-0.39, 0.29) is 0 Å². The van der Waals surface area contributed by atoms with Crippen molar-refractivity contribution in [3.63, 3.8) is 0 Å². The van der Waals surface area contributed by atoms with Gasteiger partial charge in [-0.3, -0.25) is 4.79 Å². The van der Waals surface area contributed by atoms with Crippen LogP contribution in [-0.2, 0) is 4.79 Å². The highest BCUT2D eigenvalue weighted by molar-refractivity contribution is 9.10. The second-order valence-corrected chi connectivity index (χ2v) is 8.19. The third-order valence-electron chi connectivity index (χ3n) is 4.41. The largest absolute Gasteiger partial charge is 0.481 e. The smallest absolute Gasteiger partial charge is 0.343 e. The van der Waals surface area contributed by atoms with Crippen LogP contribution in [0.3, 0.4) is 0 Å². The van der Waals surface area contributed by atoms with Crippen molar-refractivity contribution in [3.8, 4) is 11.5 Å². The molecule has 0 aliphatic heterocycles. The number of ether oxygens (including phenoxy) is 2. The Morgan fingerprint density at radius 2 is 1.81 bits per heavy atom. The summed E-state index contributed by atoms with van der Waals surface area (Å²) in [6.07, 6.45) is 0.618. The lowest BCUT2D eigenvalue weighted by atomic mass is 10.1. The molecule has 0 spiro atoms. The second kappa shape index (κ2) is 10.9. The van der Waals surface area contributed by atoms with E-state index in [1.807, 2.05) is 19.1 Å². The molecule has 0 aromatic heterocycles. The van der Waals surface area contributed by atoms with E-state index in [1.54, 1.807) is 61.5 Å². The van der Waals surface area contributed by atoms with E-state index < -0.39 is 18.0 Å². The fourth-order valence-electron chi connectivity index (χ4n) is 2.70. The SMILES string of the molecule is Cc1ccccc1C(=O)Oc1ccc(Br)cc1C=NNC(=O)C(C)Oc1ccc(Cl)cc1. The van der Waals surface area contributed by atoms with Gasteiger partial charge < -0.3 is 9.47 Å². The number of aryl methyl sites for hydroxylation is 1. The second-order valence-electron chi connectivity index (χ2n) is 6.83. The van der Waals surface area contributed by atoms with Gasteiger partial charge in [-0.25, -0.2) is 10.2 Å². The van der Waals surface area contributed by atoms with Crippen LogP contribution in [0.1, 0.15) is 28.4 Å². The predicted molar refractivity (Wildman–Crippen MR) is 128 cm³/mol. The molecule has 164 valence electrons. The molecule has 32 heavy (non-hydrogen) atoms. The number of hydrazone groups is 1. The zero-order valence-electron chi connectivity index (χ0n) is 17.3. The molecule has 1 unspecified atom stereocenters. The fourth-order valence-corrected chi connectivity index (χ4v) is 3.20. The highest BCUT2D eigenvalue weighted by atomic mass is 79.9. The number of nitrogens with one attached hydrogen (secondary N) is 1. The van der Waals surface area contributed by atoms with Crippen LogP contribution in [0.25, 0.3) is 0 Å². The van der Waals surface area contributed by atoms with Gasteiger partial charge in [0.1, 0.15) is 11.5 Å². The van der Waals surface area contributed by atoms with E-state index in [2.05, 4.69) is 26.5 Å². The summed E-state index contributed by atoms with van der Waals surface area (Å²) in [5.74, 6) is -0.0953. The summed E-state index contributed by atoms with van der Waals surface area (Å²) >= 11 is 9.23. The number of carbonyl (C=O) groups is 2. The third-order valence-corrected chi connectivity index (χ3v) is 5.16. The summed E-state index contributed by atoms with van der Waals surface area (Å²) in [4.78, 5) is 24.9. The van der Waals surface area contributed by atoms with E-state index in [0.717, 1.165) is 10.0 Å². The number of amides is 1. The van der Waals surface area contributed by atoms with Gasteiger partial charge in [-0.05, 0) is 67.9 Å². The maximum atomic E-state index is 12.6. The Labute approximate surface area is 199 Å². The first kappa shape index (κ1) is 23.5. The van der Waals surface area contributed by atoms with E-state index in [4.69, 9.17) is 21.1 Å². The summed E-state index contributed by atoms with van der Waals surface area (Å²) in [6, 6.07) is 19.0. The highest BCUT2D eigenvalue weighted by Crippen LogP contribution is 2.23. The van der Waals surface area contributed by atoms with Crippen LogP contribution >= 0.6 is 27.5 Å². The Morgan fingerprint density at radius 1 is 1.09 bits per heavy atom. The Bertz CT molecular complexity index is 1150. The molecule has 3 aromatic carbocycles. The van der Waals surface area contributed by atoms with Crippen LogP contribution in [-0.4, -0.2) is 24.2 Å². The Kier molecular flexibility index (Phi) is 8.03. The van der Waals surface area contributed by atoms with E-state index in [9.17, 15) is 9.59 Å². The topological polar surface area (TPSA) is 77.0 Å². The zero-order valence-corrected chi connectivity index (χ0v) is 19.7. The molecule has 0 heterocycles. The molecular formula is C24H20BrClN2O4. The van der Waals surface area contributed by atoms with Gasteiger partial charge in [0.05, 0.1) is 11.8 Å². The molecule has 0 saturated heterocycles. The molecule has 8 heteroatoms. The van der Waals surface area contributed by atoms with Crippen LogP contribution in [0.2, 0.25) is 5.02 Å². The molecule has 0 fully saturated rings. The average Bonchev–Trinajstić information content (AvgIpc) is 2.77. The Balaban J connectivity index is 1.66. The Morgan fingerprint density at radius 3 is 2.53 bits per heavy atom. The fraction of sp³-hybridized carbons (Fsp3) is 0.125. The lowest BCUT2D eigenvalue weighted by Crippen LogP contribution is -2.33. The van der Waals surface area contributed by atoms with Crippen molar-refractivity contribution < 1.29 is 19.1 Å². The van der Waals surface area contributed by atoms with Crippen LogP contribution in [0, 0.1) is 6.92 Å². The molecule has 0 aliphatic carbocycles. The molecule has 0 bridgehead atoms. The number of carbonyl (C=O) groups excluding carboxylic acids is 2. The minimum atomic E-state index is -0.783. The number of benzene rings is 3. The molecule has 0 aliphatic rings. The summed E-state index contributed by atoms with van der Waals surface area (Å²) in [5, 5.41) is 4.56. The van der Waals surface area contributed by atoms with Crippen molar-refractivity contribution in [2.75, 3.05) is 0 Å². The van der Waals surface area contributed by atoms with Gasteiger partial charge >= 0.3 is 5.97 Å². The maximum Gasteiger partial charge on any atom is 0.343 e. The van der Waals surface area contributed by atoms with Gasteiger partial charge in [0.25, 0.3) is 5.91 Å². The predicted octanol–water partition coefficient (Wildman–Crippen LogP) is 5.55. The lowest BCUT2D eigenvalue weighted by molar-refractivity contribution is -0.127. The van der Waals surface area contributed by atoms with Gasteiger partial charge in [-0.1, -0.05) is 45.7 Å². The minimum absolute atomic E-state index is 0.310. The van der Waals surface area contributed by atoms with Crippen molar-refractivity contribution in [2.24, 2.45) is 5.10 Å². The highest BCUT2D eigenvalue weighted by Gasteiger charge is 2.15. The number of halogens is 2. The van der Waals surface area contributed by atoms with E-state index in [1.165, 1.54) is 6.21 Å². The van der Waals surface area contributed by atoms with Gasteiger partial charge in [0.15, 0.2) is 6.10 Å². The van der Waals surface area contributed by atoms with Gasteiger partial charge in [0.2, 0.25) is 0 Å². The van der Waals surface area contributed by atoms with E-state index >= 15 is 0 Å². The summed E-state index contributed by atoms with van der Waals surface area (Å²) in [6.45, 7) is 3.44. The molecule has 0 saturated carbocycles. The lowest BCUT2D eigenvalue weighted by Gasteiger charge is -2.13. The van der Waals surface area contributed by atoms with Gasteiger partial charge in [-0.2, -0.15) is 5.10 Å². The first-order valence-corrected chi connectivity index (χ1v) is 10.8. The van der Waals surface area contributed by atoms with Gasteiger partial charge in [-0.15, -0.1) is 0 Å². The van der Waals surface area contributed by atoms with Gasteiger partial charge in [0, 0.05) is 15.1 Å². The van der Waals surface area contributed by atoms with Crippen molar-refractivity contribution in [1.82, 2.24) is 5.43 Å². The minimum Gasteiger partial charge on any atom is -0.481 e. The number of esters is 1. The van der Waals surface area contributed by atoms with Crippen molar-refractivity contribution >= 4 is 45.6 Å². The Hall–Kier alpha value is -3.16. The van der Waals surface area contributed by atoms with Crippen molar-refractivity contribution in [3.05, 3.63) is 92.9 Å². The summed E-state index contributed by atoms with van der Waals surface area (Å²) in [7, 11) is 0. The number of rotatable bonds is 7. The molecule has 3 aromatic rings. The normalized spacial score (nSPS) is 11.8. The van der Waals surface area contributed by atoms with Crippen LogP contribution in [0.4, 0.5) is 0 Å². The number of hydrogen-bond acceptors (Lipinski definition) is 5. The quantitative estimate of drug-likeness (QED) is 0.194. The zero-order chi connectivity index (χ0) is 23.1. The molecule has 1 N–H and O–H groups in total. The summed E-state index contributed by atoms with van der Waals surface area (Å²) in [5.41, 5.74) is 4.22. The van der Waals surface area contributed by atoms with Crippen LogP contribution in [0.15, 0.2) is 76.3 Å². The first-order valence-electron chi connectivity index (χ1n) is 9.66. The first-order chi connectivity index (χ1) is 15.3. The molecule has 1 atom stereocenters. The van der Waals surface area contributed by atoms with E-state index in [0.29, 0.717) is 27.6 Å². The standard InChI is InChI=1S/C24H20BrClN2O4/c1-15-5-3-4-6-21(15)24(30)32-22-12-7-18(25)13-17(22)14-27-28-23(29)16(2)31-20-10-8-19(26)9-11-20/h3-14,16H,1-2H3,(H,28,29). The molecule has 6 nitrogen and oxygen atoms in total. The number of hydrogen-bond donors (Lipinski definition) is 1. The molecular weight excluding hydrogens is 496 g/mol. The van der Waals surface area contributed by atoms with Crippen LogP contribution < -0.4 is 14.9 Å². The average molecular weight is 516 g/mol. The number of nitrogens with zero attached hydrogens (tertiary/aromatic N) is 1. The van der Waals surface area contributed by atoms with Crippen LogP contribution in [0.5, 0.6) is 11.5 Å². The molecule has 1 amide bonds. The maximum absolute atomic E-state index is 12.6. The molecule has 0 radical (unpaired) electrons. The van der Waals surface area contributed by atoms with Crippen molar-refractivity contribution in [2.45, 2.75) is 20.0 Å². The summed E-state index contributed by atoms with van der Waals surface area (Å²) < 4.78 is 11.9. The third kappa shape index (κ3) is 6.42. The van der Waals surface area contributed by atoms with Crippen molar-refractivity contribution in [1.29, 1.82) is 0 Å². The molecule has 3 rings (SSSR count). The monoisotopic (exact) mass is 514 g/mol.